The lowest BCUT2D eigenvalue weighted by molar-refractivity contribution is -0.117. The minimum Gasteiger partial charge on any atom is -0.384 e. The van der Waals surface area contributed by atoms with Crippen molar-refractivity contribution in [2.75, 3.05) is 17.2 Å². The highest BCUT2D eigenvalue weighted by Crippen LogP contribution is 2.31. The number of carbonyl (C=O) groups excluding carboxylic acids is 1. The zero-order valence-corrected chi connectivity index (χ0v) is 11.3. The summed E-state index contributed by atoms with van der Waals surface area (Å²) in [7, 11) is 0. The summed E-state index contributed by atoms with van der Waals surface area (Å²) in [6.45, 7) is 0.616. The van der Waals surface area contributed by atoms with Crippen LogP contribution in [0.2, 0.25) is 0 Å². The van der Waals surface area contributed by atoms with Crippen molar-refractivity contribution in [2.24, 2.45) is 0 Å². The Balaban J connectivity index is 1.59. The maximum Gasteiger partial charge on any atom is 0.236 e. The van der Waals surface area contributed by atoms with Crippen LogP contribution in [-0.4, -0.2) is 22.4 Å². The summed E-state index contributed by atoms with van der Waals surface area (Å²) < 4.78 is 0. The molecule has 1 aliphatic rings. The minimum absolute atomic E-state index is 0.0495. The summed E-state index contributed by atoms with van der Waals surface area (Å²) >= 11 is 0. The number of H-pyrrole nitrogens is 1. The molecule has 5 heteroatoms. The Bertz CT molecular complexity index is 791. The Morgan fingerprint density at radius 1 is 1.14 bits per heavy atom. The molecule has 1 aromatic heterocycles. The van der Waals surface area contributed by atoms with Gasteiger partial charge in [-0.15, -0.1) is 0 Å². The predicted octanol–water partition coefficient (Wildman–Crippen LogP) is 2.71. The van der Waals surface area contributed by atoms with Gasteiger partial charge in [-0.05, 0) is 23.8 Å². The van der Waals surface area contributed by atoms with Gasteiger partial charge in [0.15, 0.2) is 0 Å². The van der Waals surface area contributed by atoms with E-state index in [-0.39, 0.29) is 11.8 Å². The van der Waals surface area contributed by atoms with E-state index in [1.54, 1.807) is 0 Å². The molecular weight excluding hydrogens is 264 g/mol. The van der Waals surface area contributed by atoms with Crippen LogP contribution in [0.25, 0.3) is 11.0 Å². The second-order valence-corrected chi connectivity index (χ2v) is 5.11. The number of nitrogens with zero attached hydrogens (tertiary/aromatic N) is 1. The number of amides is 1. The molecule has 3 N–H and O–H groups in total. The number of fused-ring (bicyclic) bond motifs is 2. The molecule has 0 spiro atoms. The third-order valence-corrected chi connectivity index (χ3v) is 3.78. The number of aromatic amines is 1. The van der Waals surface area contributed by atoms with Crippen LogP contribution in [0.5, 0.6) is 0 Å². The fourth-order valence-electron chi connectivity index (χ4n) is 2.73. The van der Waals surface area contributed by atoms with Crippen LogP contribution in [0.4, 0.5) is 11.6 Å². The number of benzene rings is 2. The molecule has 104 valence electrons. The van der Waals surface area contributed by atoms with Gasteiger partial charge in [0.2, 0.25) is 11.9 Å². The van der Waals surface area contributed by atoms with Gasteiger partial charge in [-0.1, -0.05) is 30.3 Å². The Kier molecular flexibility index (Phi) is 2.64. The lowest BCUT2D eigenvalue weighted by Crippen LogP contribution is -2.23. The Labute approximate surface area is 121 Å². The first-order chi connectivity index (χ1) is 10.3. The van der Waals surface area contributed by atoms with Crippen molar-refractivity contribution >= 4 is 28.6 Å². The first-order valence-corrected chi connectivity index (χ1v) is 6.90. The third kappa shape index (κ3) is 2.03. The third-order valence-electron chi connectivity index (χ3n) is 3.78. The Morgan fingerprint density at radius 2 is 1.95 bits per heavy atom. The largest absolute Gasteiger partial charge is 0.384 e. The summed E-state index contributed by atoms with van der Waals surface area (Å²) in [4.78, 5) is 19.9. The molecule has 0 saturated heterocycles. The van der Waals surface area contributed by atoms with Crippen LogP contribution in [0, 0.1) is 0 Å². The monoisotopic (exact) mass is 278 g/mol. The number of hydrogen-bond acceptors (Lipinski definition) is 3. The molecule has 1 atom stereocenters. The van der Waals surface area contributed by atoms with Crippen molar-refractivity contribution in [3.05, 3.63) is 54.1 Å². The number of rotatable bonds is 2. The highest BCUT2D eigenvalue weighted by atomic mass is 16.2. The van der Waals surface area contributed by atoms with Crippen molar-refractivity contribution in [3.63, 3.8) is 0 Å². The zero-order valence-electron chi connectivity index (χ0n) is 11.3. The van der Waals surface area contributed by atoms with E-state index in [0.29, 0.717) is 12.5 Å². The van der Waals surface area contributed by atoms with Crippen LogP contribution >= 0.6 is 0 Å². The van der Waals surface area contributed by atoms with E-state index in [9.17, 15) is 4.79 Å². The van der Waals surface area contributed by atoms with Gasteiger partial charge in [0.05, 0.1) is 17.0 Å². The van der Waals surface area contributed by atoms with E-state index >= 15 is 0 Å². The molecular formula is C16H14N4O. The number of aromatic nitrogens is 2. The van der Waals surface area contributed by atoms with Gasteiger partial charge in [-0.25, -0.2) is 4.98 Å². The highest BCUT2D eigenvalue weighted by Gasteiger charge is 2.28. The molecule has 21 heavy (non-hydrogen) atoms. The number of para-hydroxylation sites is 3. The summed E-state index contributed by atoms with van der Waals surface area (Å²) in [5.74, 6) is 0.256. The second kappa shape index (κ2) is 4.63. The number of carbonyl (C=O) groups is 1. The van der Waals surface area contributed by atoms with Crippen molar-refractivity contribution in [1.29, 1.82) is 0 Å². The molecule has 1 unspecified atom stereocenters. The molecule has 0 fully saturated rings. The highest BCUT2D eigenvalue weighted by molar-refractivity contribution is 5.98. The molecule has 5 nitrogen and oxygen atoms in total. The smallest absolute Gasteiger partial charge is 0.236 e. The molecule has 1 amide bonds. The lowest BCUT2D eigenvalue weighted by atomic mass is 10.0. The second-order valence-electron chi connectivity index (χ2n) is 5.11. The van der Waals surface area contributed by atoms with Crippen molar-refractivity contribution in [3.8, 4) is 0 Å². The average molecular weight is 278 g/mol. The van der Waals surface area contributed by atoms with Crippen molar-refractivity contribution < 1.29 is 4.79 Å². The first kappa shape index (κ1) is 12.0. The molecule has 3 aromatic rings. The van der Waals surface area contributed by atoms with Gasteiger partial charge in [0.1, 0.15) is 0 Å². The minimum atomic E-state index is -0.186. The lowest BCUT2D eigenvalue weighted by Gasteiger charge is -2.09. The SMILES string of the molecule is O=C(Nc1nc2ccccc2[nH]1)C1CNc2ccccc21. The number of anilines is 2. The molecule has 2 aromatic carbocycles. The van der Waals surface area contributed by atoms with Crippen molar-refractivity contribution in [2.45, 2.75) is 5.92 Å². The Morgan fingerprint density at radius 3 is 2.86 bits per heavy atom. The van der Waals surface area contributed by atoms with Crippen LogP contribution in [0.3, 0.4) is 0 Å². The van der Waals surface area contributed by atoms with Crippen LogP contribution in [0.15, 0.2) is 48.5 Å². The van der Waals surface area contributed by atoms with E-state index in [1.165, 1.54) is 0 Å². The van der Waals surface area contributed by atoms with Crippen molar-refractivity contribution in [1.82, 2.24) is 9.97 Å². The predicted molar refractivity (Wildman–Crippen MR) is 82.4 cm³/mol. The molecule has 0 radical (unpaired) electrons. The van der Waals surface area contributed by atoms with Gasteiger partial charge in [-0.2, -0.15) is 0 Å². The molecule has 1 aliphatic heterocycles. The normalized spacial score (nSPS) is 16.5. The summed E-state index contributed by atoms with van der Waals surface area (Å²) in [5.41, 5.74) is 3.82. The maximum atomic E-state index is 12.4. The quantitative estimate of drug-likeness (QED) is 0.675. The summed E-state index contributed by atoms with van der Waals surface area (Å²) in [5, 5.41) is 6.12. The molecule has 0 saturated carbocycles. The van der Waals surface area contributed by atoms with Gasteiger partial charge >= 0.3 is 0 Å². The van der Waals surface area contributed by atoms with E-state index in [1.807, 2.05) is 48.5 Å². The maximum absolute atomic E-state index is 12.4. The van der Waals surface area contributed by atoms with Gasteiger partial charge in [0, 0.05) is 12.2 Å². The van der Waals surface area contributed by atoms with Crippen LogP contribution in [-0.2, 0) is 4.79 Å². The Hall–Kier alpha value is -2.82. The molecule has 4 rings (SSSR count). The van der Waals surface area contributed by atoms with Gasteiger partial charge < -0.3 is 10.3 Å². The zero-order chi connectivity index (χ0) is 14.2. The van der Waals surface area contributed by atoms with E-state index < -0.39 is 0 Å². The van der Waals surface area contributed by atoms with Gasteiger partial charge in [0.25, 0.3) is 0 Å². The number of hydrogen-bond donors (Lipinski definition) is 3. The molecule has 2 heterocycles. The van der Waals surface area contributed by atoms with Gasteiger partial charge in [-0.3, -0.25) is 10.1 Å². The van der Waals surface area contributed by atoms with Crippen LogP contribution in [0.1, 0.15) is 11.5 Å². The van der Waals surface area contributed by atoms with Crippen LogP contribution < -0.4 is 10.6 Å². The first-order valence-electron chi connectivity index (χ1n) is 6.90. The topological polar surface area (TPSA) is 69.8 Å². The molecule has 0 aliphatic carbocycles. The number of nitrogens with one attached hydrogen (secondary N) is 3. The van der Waals surface area contributed by atoms with E-state index in [0.717, 1.165) is 22.3 Å². The van der Waals surface area contributed by atoms with E-state index in [2.05, 4.69) is 20.6 Å². The van der Waals surface area contributed by atoms with E-state index in [4.69, 9.17) is 0 Å². The average Bonchev–Trinajstić information content (AvgIpc) is 3.10. The summed E-state index contributed by atoms with van der Waals surface area (Å²) in [6.07, 6.45) is 0. The summed E-state index contributed by atoms with van der Waals surface area (Å²) in [6, 6.07) is 15.6. The number of imidazole rings is 1. The molecule has 0 bridgehead atoms. The fourth-order valence-corrected chi connectivity index (χ4v) is 2.73. The fraction of sp³-hybridized carbons (Fsp3) is 0.125. The standard InChI is InChI=1S/C16H14N4O/c21-15(11-9-17-12-6-2-1-5-10(11)12)20-16-18-13-7-3-4-8-14(13)19-16/h1-8,11,17H,9H2,(H2,18,19,20,21).